The number of benzene rings is 3. The number of methoxy groups -OCH3 is 1. The third-order valence-corrected chi connectivity index (χ3v) is 9.98. The van der Waals surface area contributed by atoms with Crippen molar-refractivity contribution < 1.29 is 22.3 Å². The van der Waals surface area contributed by atoms with Crippen molar-refractivity contribution in [2.24, 2.45) is 0 Å². The highest BCUT2D eigenvalue weighted by molar-refractivity contribution is 7.90. The predicted octanol–water partition coefficient (Wildman–Crippen LogP) is 7.75. The van der Waals surface area contributed by atoms with Crippen LogP contribution in [0.5, 0.6) is 0 Å². The number of pyridine rings is 1. The molecule has 0 saturated heterocycles. The quantitative estimate of drug-likeness (QED) is 0.176. The minimum Gasteiger partial charge on any atom is -0.464 e. The van der Waals surface area contributed by atoms with Crippen molar-refractivity contribution in [2.75, 3.05) is 7.11 Å². The van der Waals surface area contributed by atoms with Gasteiger partial charge in [0.2, 0.25) is 0 Å². The standard InChI is InChI=1S/C34H24FN3O4S2/c1-20-7-10-25(11-8-20)44(40,41)38-30-12-9-24(35)17-27(30)32(26-13-14-43-31(26)18-36)33(38)23-6-4-5-22(16-23)28-19-37-29(15-21(28)2)34(39)42-3/h4-17,19H,1-3H3. The van der Waals surface area contributed by atoms with Gasteiger partial charge in [-0.05, 0) is 78.9 Å². The number of carbonyl (C=O) groups excluding carboxylic acids is 1. The summed E-state index contributed by atoms with van der Waals surface area (Å²) in [5.74, 6) is -1.09. The van der Waals surface area contributed by atoms with Crippen molar-refractivity contribution in [3.63, 3.8) is 0 Å². The number of carbonyl (C=O) groups is 1. The summed E-state index contributed by atoms with van der Waals surface area (Å²) in [6, 6.07) is 23.4. The normalized spacial score (nSPS) is 11.4. The molecule has 0 unspecified atom stereocenters. The van der Waals surface area contributed by atoms with Crippen LogP contribution < -0.4 is 0 Å². The van der Waals surface area contributed by atoms with E-state index >= 15 is 0 Å². The summed E-state index contributed by atoms with van der Waals surface area (Å²) < 4.78 is 49.8. The van der Waals surface area contributed by atoms with Crippen molar-refractivity contribution in [3.05, 3.63) is 118 Å². The van der Waals surface area contributed by atoms with Gasteiger partial charge in [0.15, 0.2) is 0 Å². The highest BCUT2D eigenvalue weighted by Gasteiger charge is 2.30. The van der Waals surface area contributed by atoms with Crippen LogP contribution in [0.15, 0.2) is 95.3 Å². The number of halogens is 1. The molecule has 0 spiro atoms. The first-order chi connectivity index (χ1) is 21.1. The third-order valence-electron chi connectivity index (χ3n) is 7.43. The fraction of sp³-hybridized carbons (Fsp3) is 0.0882. The largest absolute Gasteiger partial charge is 0.464 e. The fourth-order valence-electron chi connectivity index (χ4n) is 5.34. The zero-order valence-electron chi connectivity index (χ0n) is 23.8. The van der Waals surface area contributed by atoms with Crippen molar-refractivity contribution in [1.82, 2.24) is 8.96 Å². The maximum atomic E-state index is 14.8. The molecule has 6 rings (SSSR count). The van der Waals surface area contributed by atoms with Gasteiger partial charge in [-0.15, -0.1) is 11.3 Å². The molecule has 3 aromatic heterocycles. The number of esters is 1. The molecule has 0 bridgehead atoms. The lowest BCUT2D eigenvalue weighted by molar-refractivity contribution is 0.0594. The zero-order chi connectivity index (χ0) is 31.2. The fourth-order valence-corrected chi connectivity index (χ4v) is 7.57. The van der Waals surface area contributed by atoms with Gasteiger partial charge >= 0.3 is 5.97 Å². The van der Waals surface area contributed by atoms with Crippen LogP contribution in [0.2, 0.25) is 0 Å². The second kappa shape index (κ2) is 11.2. The lowest BCUT2D eigenvalue weighted by atomic mass is 9.95. The molecule has 44 heavy (non-hydrogen) atoms. The number of rotatable bonds is 6. The third kappa shape index (κ3) is 4.86. The Morgan fingerprint density at radius 2 is 1.73 bits per heavy atom. The second-order valence-electron chi connectivity index (χ2n) is 10.2. The molecule has 3 heterocycles. The van der Waals surface area contributed by atoms with E-state index in [0.29, 0.717) is 32.6 Å². The molecule has 0 aliphatic carbocycles. The van der Waals surface area contributed by atoms with Gasteiger partial charge in [0.1, 0.15) is 22.5 Å². The summed E-state index contributed by atoms with van der Waals surface area (Å²) in [5, 5.41) is 12.1. The summed E-state index contributed by atoms with van der Waals surface area (Å²) in [4.78, 5) is 16.7. The van der Waals surface area contributed by atoms with Crippen LogP contribution in [-0.4, -0.2) is 30.5 Å². The van der Waals surface area contributed by atoms with E-state index in [0.717, 1.165) is 22.3 Å². The minimum atomic E-state index is -4.22. The summed E-state index contributed by atoms with van der Waals surface area (Å²) in [5.41, 5.74) is 5.30. The van der Waals surface area contributed by atoms with E-state index in [-0.39, 0.29) is 16.1 Å². The number of hydrogen-bond acceptors (Lipinski definition) is 7. The number of thiophene rings is 1. The van der Waals surface area contributed by atoms with Gasteiger partial charge in [0.25, 0.3) is 10.0 Å². The first-order valence-electron chi connectivity index (χ1n) is 13.4. The number of hydrogen-bond donors (Lipinski definition) is 0. The number of ether oxygens (including phenoxy) is 1. The highest BCUT2D eigenvalue weighted by Crippen LogP contribution is 2.45. The first kappa shape index (κ1) is 29.0. The lowest BCUT2D eigenvalue weighted by Gasteiger charge is -2.15. The average molecular weight is 622 g/mol. The minimum absolute atomic E-state index is 0.0672. The predicted molar refractivity (Wildman–Crippen MR) is 168 cm³/mol. The number of aromatic nitrogens is 2. The highest BCUT2D eigenvalue weighted by atomic mass is 32.2. The molecule has 0 atom stereocenters. The smallest absolute Gasteiger partial charge is 0.356 e. The van der Waals surface area contributed by atoms with E-state index in [1.807, 2.05) is 26.0 Å². The van der Waals surface area contributed by atoms with Crippen LogP contribution in [0.4, 0.5) is 4.39 Å². The Bertz CT molecular complexity index is 2250. The Kier molecular flexibility index (Phi) is 7.37. The Morgan fingerprint density at radius 1 is 0.977 bits per heavy atom. The van der Waals surface area contributed by atoms with E-state index in [1.54, 1.807) is 60.1 Å². The van der Waals surface area contributed by atoms with Crippen molar-refractivity contribution in [1.29, 1.82) is 5.26 Å². The first-order valence-corrected chi connectivity index (χ1v) is 15.8. The molecular weight excluding hydrogens is 598 g/mol. The molecular formula is C34H24FN3O4S2. The van der Waals surface area contributed by atoms with Crippen LogP contribution in [0.1, 0.15) is 26.5 Å². The molecule has 10 heteroatoms. The topological polar surface area (TPSA) is 102 Å². The van der Waals surface area contributed by atoms with Crippen LogP contribution in [0.3, 0.4) is 0 Å². The van der Waals surface area contributed by atoms with Crippen molar-refractivity contribution in [2.45, 2.75) is 18.7 Å². The average Bonchev–Trinajstić information content (AvgIpc) is 3.63. The summed E-state index contributed by atoms with van der Waals surface area (Å²) in [6.45, 7) is 3.71. The van der Waals surface area contributed by atoms with Crippen LogP contribution in [0.25, 0.3) is 44.4 Å². The molecule has 0 fully saturated rings. The molecule has 6 aromatic rings. The van der Waals surface area contributed by atoms with Crippen molar-refractivity contribution >= 4 is 38.2 Å². The van der Waals surface area contributed by atoms with E-state index in [9.17, 15) is 22.9 Å². The van der Waals surface area contributed by atoms with Gasteiger partial charge in [-0.1, -0.05) is 35.9 Å². The molecule has 0 aliphatic heterocycles. The SMILES string of the molecule is COC(=O)c1cc(C)c(-c2cccc(-c3c(-c4ccsc4C#N)c4cc(F)ccc4n3S(=O)(=O)c3ccc(C)cc3)c2)cn1. The summed E-state index contributed by atoms with van der Waals surface area (Å²) >= 11 is 1.22. The lowest BCUT2D eigenvalue weighted by Crippen LogP contribution is -2.14. The maximum absolute atomic E-state index is 14.8. The van der Waals surface area contributed by atoms with Gasteiger partial charge in [0, 0.05) is 33.8 Å². The molecule has 0 N–H and O–H groups in total. The van der Waals surface area contributed by atoms with E-state index < -0.39 is 21.8 Å². The van der Waals surface area contributed by atoms with Gasteiger partial charge in [-0.3, -0.25) is 0 Å². The Labute approximate surface area is 257 Å². The molecule has 0 radical (unpaired) electrons. The van der Waals surface area contributed by atoms with Crippen molar-refractivity contribution in [3.8, 4) is 39.6 Å². The number of nitrogens with zero attached hydrogens (tertiary/aromatic N) is 3. The molecule has 0 aliphatic rings. The number of nitriles is 1. The van der Waals surface area contributed by atoms with E-state index in [1.165, 1.54) is 40.6 Å². The summed E-state index contributed by atoms with van der Waals surface area (Å²) in [7, 11) is -2.93. The van der Waals surface area contributed by atoms with E-state index in [4.69, 9.17) is 4.74 Å². The molecule has 7 nitrogen and oxygen atoms in total. The summed E-state index contributed by atoms with van der Waals surface area (Å²) in [6.07, 6.45) is 1.57. The van der Waals surface area contributed by atoms with Gasteiger partial charge in [0.05, 0.1) is 23.2 Å². The van der Waals surface area contributed by atoms with Crippen LogP contribution >= 0.6 is 11.3 Å². The molecule has 218 valence electrons. The van der Waals surface area contributed by atoms with Crippen LogP contribution in [-0.2, 0) is 14.8 Å². The van der Waals surface area contributed by atoms with Crippen LogP contribution in [0, 0.1) is 31.0 Å². The second-order valence-corrected chi connectivity index (χ2v) is 12.9. The zero-order valence-corrected chi connectivity index (χ0v) is 25.5. The molecule has 0 saturated carbocycles. The Hall–Kier alpha value is -5.11. The van der Waals surface area contributed by atoms with Gasteiger partial charge < -0.3 is 4.74 Å². The number of fused-ring (bicyclic) bond motifs is 1. The van der Waals surface area contributed by atoms with Gasteiger partial charge in [-0.25, -0.2) is 26.6 Å². The Balaban J connectivity index is 1.70. The Morgan fingerprint density at radius 3 is 2.43 bits per heavy atom. The monoisotopic (exact) mass is 621 g/mol. The maximum Gasteiger partial charge on any atom is 0.356 e. The number of aryl methyl sites for hydroxylation is 2. The van der Waals surface area contributed by atoms with Gasteiger partial charge in [-0.2, -0.15) is 5.26 Å². The molecule has 3 aromatic carbocycles. The molecule has 0 amide bonds. The van der Waals surface area contributed by atoms with E-state index in [2.05, 4.69) is 11.1 Å².